The van der Waals surface area contributed by atoms with Crippen LogP contribution in [0.5, 0.6) is 0 Å². The average molecular weight is 410 g/mol. The highest BCUT2D eigenvalue weighted by molar-refractivity contribution is 6.02. The molecule has 0 bridgehead atoms. The largest absolute Gasteiger partial charge is 0.464 e. The van der Waals surface area contributed by atoms with E-state index in [-0.39, 0.29) is 12.3 Å². The second-order valence-electron chi connectivity index (χ2n) is 7.32. The number of nitrogens with zero attached hydrogens (tertiary/aromatic N) is 1. The van der Waals surface area contributed by atoms with E-state index in [9.17, 15) is 9.59 Å². The Kier molecular flexibility index (Phi) is 4.59. The maximum absolute atomic E-state index is 12.6. The van der Waals surface area contributed by atoms with Crippen molar-refractivity contribution in [3.8, 4) is 11.1 Å². The number of fused-ring (bicyclic) bond motifs is 2. The summed E-state index contributed by atoms with van der Waals surface area (Å²) in [6.07, 6.45) is 4.79. The van der Waals surface area contributed by atoms with Gasteiger partial charge in [-0.2, -0.15) is 0 Å². The van der Waals surface area contributed by atoms with Gasteiger partial charge in [-0.25, -0.2) is 4.79 Å². The Morgan fingerprint density at radius 1 is 1.03 bits per heavy atom. The molecule has 0 saturated heterocycles. The lowest BCUT2D eigenvalue weighted by molar-refractivity contribution is -0.115. The quantitative estimate of drug-likeness (QED) is 0.417. The SMILES string of the molecule is Cc1c(CC(=O)Nc2cccnc2)c(=O)oc2cc3occ(-c4ccccc4)c3cc12. The number of carbonyl (C=O) groups is 1. The Labute approximate surface area is 177 Å². The van der Waals surface area contributed by atoms with Crippen LogP contribution in [-0.2, 0) is 11.2 Å². The predicted octanol–water partition coefficient (Wildman–Crippen LogP) is 5.09. The van der Waals surface area contributed by atoms with E-state index >= 15 is 0 Å². The molecule has 3 aromatic heterocycles. The van der Waals surface area contributed by atoms with Crippen molar-refractivity contribution in [2.75, 3.05) is 5.32 Å². The predicted molar refractivity (Wildman–Crippen MR) is 119 cm³/mol. The third kappa shape index (κ3) is 3.48. The molecule has 1 amide bonds. The van der Waals surface area contributed by atoms with Crippen LogP contribution in [-0.4, -0.2) is 10.9 Å². The van der Waals surface area contributed by atoms with Gasteiger partial charge in [-0.15, -0.1) is 0 Å². The van der Waals surface area contributed by atoms with E-state index < -0.39 is 5.63 Å². The molecule has 0 aliphatic carbocycles. The summed E-state index contributed by atoms with van der Waals surface area (Å²) in [5.74, 6) is -0.308. The molecule has 5 aromatic rings. The Morgan fingerprint density at radius 2 is 1.87 bits per heavy atom. The van der Waals surface area contributed by atoms with E-state index in [0.29, 0.717) is 22.4 Å². The number of furan rings is 1. The van der Waals surface area contributed by atoms with E-state index in [4.69, 9.17) is 8.83 Å². The molecule has 0 spiro atoms. The molecule has 0 atom stereocenters. The first-order valence-electron chi connectivity index (χ1n) is 9.83. The number of hydrogen-bond donors (Lipinski definition) is 1. The van der Waals surface area contributed by atoms with Crippen LogP contribution < -0.4 is 10.9 Å². The van der Waals surface area contributed by atoms with Gasteiger partial charge in [-0.3, -0.25) is 9.78 Å². The molecule has 0 saturated carbocycles. The highest BCUT2D eigenvalue weighted by Gasteiger charge is 2.18. The van der Waals surface area contributed by atoms with Crippen molar-refractivity contribution in [1.29, 1.82) is 0 Å². The molecule has 6 heteroatoms. The number of amides is 1. The van der Waals surface area contributed by atoms with Crippen LogP contribution in [0, 0.1) is 6.92 Å². The number of pyridine rings is 1. The summed E-state index contributed by atoms with van der Waals surface area (Å²) in [5, 5.41) is 4.44. The molecule has 6 nitrogen and oxygen atoms in total. The number of carbonyl (C=O) groups excluding carboxylic acids is 1. The lowest BCUT2D eigenvalue weighted by Crippen LogP contribution is -2.20. The van der Waals surface area contributed by atoms with Crippen molar-refractivity contribution in [3.05, 3.63) is 94.8 Å². The topological polar surface area (TPSA) is 85.3 Å². The average Bonchev–Trinajstić information content (AvgIpc) is 3.20. The van der Waals surface area contributed by atoms with Gasteiger partial charge < -0.3 is 14.2 Å². The van der Waals surface area contributed by atoms with Crippen LogP contribution in [0.15, 0.2) is 86.9 Å². The van der Waals surface area contributed by atoms with Gasteiger partial charge in [0, 0.05) is 28.6 Å². The second-order valence-corrected chi connectivity index (χ2v) is 7.32. The standard InChI is InChI=1S/C25H18N2O4/c1-15-18-10-20-21(16-6-3-2-4-7-16)14-30-22(20)12-23(18)31-25(29)19(15)11-24(28)27-17-8-5-9-26-13-17/h2-10,12-14H,11H2,1H3,(H,27,28). The van der Waals surface area contributed by atoms with Crippen LogP contribution in [0.4, 0.5) is 5.69 Å². The Bertz CT molecular complexity index is 1470. The van der Waals surface area contributed by atoms with Crippen LogP contribution in [0.25, 0.3) is 33.1 Å². The third-order valence-corrected chi connectivity index (χ3v) is 5.35. The summed E-state index contributed by atoms with van der Waals surface area (Å²) < 4.78 is 11.3. The molecule has 0 fully saturated rings. The zero-order valence-electron chi connectivity index (χ0n) is 16.7. The number of rotatable bonds is 4. The Morgan fingerprint density at radius 3 is 2.65 bits per heavy atom. The van der Waals surface area contributed by atoms with Crippen LogP contribution >= 0.6 is 0 Å². The highest BCUT2D eigenvalue weighted by Crippen LogP contribution is 2.34. The molecule has 1 N–H and O–H groups in total. The highest BCUT2D eigenvalue weighted by atomic mass is 16.4. The summed E-state index contributed by atoms with van der Waals surface area (Å²) >= 11 is 0. The van der Waals surface area contributed by atoms with Gasteiger partial charge in [0.1, 0.15) is 11.2 Å². The molecule has 31 heavy (non-hydrogen) atoms. The van der Waals surface area contributed by atoms with Crippen molar-refractivity contribution in [1.82, 2.24) is 4.98 Å². The van der Waals surface area contributed by atoms with E-state index in [2.05, 4.69) is 10.3 Å². The summed E-state index contributed by atoms with van der Waals surface area (Å²) in [4.78, 5) is 29.1. The molecule has 2 aromatic carbocycles. The fourth-order valence-corrected chi connectivity index (χ4v) is 3.76. The van der Waals surface area contributed by atoms with Crippen molar-refractivity contribution < 1.29 is 13.6 Å². The van der Waals surface area contributed by atoms with Gasteiger partial charge in [-0.05, 0) is 36.2 Å². The molecule has 0 aliphatic heterocycles. The zero-order chi connectivity index (χ0) is 21.4. The molecule has 0 radical (unpaired) electrons. The number of aryl methyl sites for hydroxylation is 1. The summed E-state index contributed by atoms with van der Waals surface area (Å²) in [7, 11) is 0. The minimum Gasteiger partial charge on any atom is -0.464 e. The molecular formula is C25H18N2O4. The Hall–Kier alpha value is -4.19. The molecule has 5 rings (SSSR count). The van der Waals surface area contributed by atoms with Crippen molar-refractivity contribution in [2.45, 2.75) is 13.3 Å². The lowest BCUT2D eigenvalue weighted by atomic mass is 9.99. The van der Waals surface area contributed by atoms with Gasteiger partial charge in [0.15, 0.2) is 0 Å². The molecular weight excluding hydrogens is 392 g/mol. The zero-order valence-corrected chi connectivity index (χ0v) is 16.7. The number of aromatic nitrogens is 1. The van der Waals surface area contributed by atoms with Gasteiger partial charge in [0.2, 0.25) is 5.91 Å². The molecule has 3 heterocycles. The first-order chi connectivity index (χ1) is 15.1. The smallest absolute Gasteiger partial charge is 0.340 e. The van der Waals surface area contributed by atoms with Gasteiger partial charge >= 0.3 is 5.63 Å². The minimum atomic E-state index is -0.527. The van der Waals surface area contributed by atoms with E-state index in [1.807, 2.05) is 43.3 Å². The van der Waals surface area contributed by atoms with Crippen LogP contribution in [0.3, 0.4) is 0 Å². The monoisotopic (exact) mass is 410 g/mol. The fraction of sp³-hybridized carbons (Fsp3) is 0.0800. The fourth-order valence-electron chi connectivity index (χ4n) is 3.76. The second kappa shape index (κ2) is 7.57. The maximum Gasteiger partial charge on any atom is 0.340 e. The van der Waals surface area contributed by atoms with Crippen LogP contribution in [0.2, 0.25) is 0 Å². The number of hydrogen-bond acceptors (Lipinski definition) is 5. The Balaban J connectivity index is 1.57. The van der Waals surface area contributed by atoms with Crippen molar-refractivity contribution in [2.24, 2.45) is 0 Å². The first-order valence-corrected chi connectivity index (χ1v) is 9.83. The minimum absolute atomic E-state index is 0.0893. The summed E-state index contributed by atoms with van der Waals surface area (Å²) in [6, 6.07) is 17.1. The molecule has 152 valence electrons. The van der Waals surface area contributed by atoms with Gasteiger partial charge in [0.25, 0.3) is 0 Å². The summed E-state index contributed by atoms with van der Waals surface area (Å²) in [5.41, 5.74) is 4.15. The van der Waals surface area contributed by atoms with E-state index in [1.54, 1.807) is 36.9 Å². The van der Waals surface area contributed by atoms with E-state index in [1.165, 1.54) is 0 Å². The van der Waals surface area contributed by atoms with Crippen molar-refractivity contribution in [3.63, 3.8) is 0 Å². The number of anilines is 1. The normalized spacial score (nSPS) is 11.1. The van der Waals surface area contributed by atoms with Crippen LogP contribution in [0.1, 0.15) is 11.1 Å². The molecule has 0 unspecified atom stereocenters. The number of benzene rings is 2. The third-order valence-electron chi connectivity index (χ3n) is 5.35. The first kappa shape index (κ1) is 18.8. The lowest BCUT2D eigenvalue weighted by Gasteiger charge is -2.09. The van der Waals surface area contributed by atoms with E-state index in [0.717, 1.165) is 27.5 Å². The van der Waals surface area contributed by atoms with Gasteiger partial charge in [0.05, 0.1) is 30.1 Å². The molecule has 0 aliphatic rings. The van der Waals surface area contributed by atoms with Gasteiger partial charge in [-0.1, -0.05) is 30.3 Å². The summed E-state index contributed by atoms with van der Waals surface area (Å²) in [6.45, 7) is 1.83. The number of nitrogens with one attached hydrogen (secondary N) is 1. The maximum atomic E-state index is 12.6. The van der Waals surface area contributed by atoms with Crippen molar-refractivity contribution >= 4 is 33.5 Å².